The van der Waals surface area contributed by atoms with E-state index in [-0.39, 0.29) is 11.9 Å². The standard InChI is InChI=1S/C14H17FN2S/c1-9-7-13(12(16)8-11(9)15)17(3)10(2)14-5-4-6-18-14/h4-8,10H,16H2,1-3H3. The lowest BCUT2D eigenvalue weighted by atomic mass is 10.1. The molecule has 1 unspecified atom stereocenters. The van der Waals surface area contributed by atoms with Crippen LogP contribution in [0.15, 0.2) is 29.6 Å². The van der Waals surface area contributed by atoms with E-state index in [9.17, 15) is 4.39 Å². The highest BCUT2D eigenvalue weighted by Gasteiger charge is 2.16. The summed E-state index contributed by atoms with van der Waals surface area (Å²) in [6.07, 6.45) is 0. The molecular weight excluding hydrogens is 247 g/mol. The summed E-state index contributed by atoms with van der Waals surface area (Å²) >= 11 is 1.71. The van der Waals surface area contributed by atoms with Gasteiger partial charge in [-0.3, -0.25) is 0 Å². The average molecular weight is 264 g/mol. The maximum Gasteiger partial charge on any atom is 0.128 e. The topological polar surface area (TPSA) is 29.3 Å². The van der Waals surface area contributed by atoms with Crippen LogP contribution >= 0.6 is 11.3 Å². The summed E-state index contributed by atoms with van der Waals surface area (Å²) < 4.78 is 13.4. The molecule has 2 nitrogen and oxygen atoms in total. The van der Waals surface area contributed by atoms with Gasteiger partial charge in [0.15, 0.2) is 0 Å². The van der Waals surface area contributed by atoms with Crippen LogP contribution in [0.2, 0.25) is 0 Å². The summed E-state index contributed by atoms with van der Waals surface area (Å²) in [5.74, 6) is -0.256. The first-order valence-corrected chi connectivity index (χ1v) is 6.70. The third kappa shape index (κ3) is 2.34. The molecule has 1 heterocycles. The highest BCUT2D eigenvalue weighted by Crippen LogP contribution is 2.33. The van der Waals surface area contributed by atoms with Gasteiger partial charge in [-0.2, -0.15) is 0 Å². The van der Waals surface area contributed by atoms with Crippen molar-refractivity contribution >= 4 is 22.7 Å². The largest absolute Gasteiger partial charge is 0.397 e. The van der Waals surface area contributed by atoms with E-state index in [1.807, 2.05) is 13.1 Å². The van der Waals surface area contributed by atoms with Gasteiger partial charge in [-0.15, -0.1) is 11.3 Å². The maximum atomic E-state index is 13.4. The molecule has 2 rings (SSSR count). The Kier molecular flexibility index (Phi) is 3.57. The number of nitrogen functional groups attached to an aromatic ring is 1. The molecular formula is C14H17FN2S. The van der Waals surface area contributed by atoms with Gasteiger partial charge in [0.1, 0.15) is 5.82 Å². The van der Waals surface area contributed by atoms with E-state index in [1.165, 1.54) is 10.9 Å². The van der Waals surface area contributed by atoms with Gasteiger partial charge in [-0.1, -0.05) is 6.07 Å². The van der Waals surface area contributed by atoms with Crippen molar-refractivity contribution in [2.24, 2.45) is 0 Å². The van der Waals surface area contributed by atoms with Gasteiger partial charge in [0.2, 0.25) is 0 Å². The molecule has 96 valence electrons. The summed E-state index contributed by atoms with van der Waals surface area (Å²) in [6.45, 7) is 3.87. The molecule has 0 aliphatic rings. The number of rotatable bonds is 3. The molecule has 0 amide bonds. The average Bonchev–Trinajstić information content (AvgIpc) is 2.85. The molecule has 0 aliphatic heterocycles. The van der Waals surface area contributed by atoms with Gasteiger partial charge in [-0.05, 0) is 43.0 Å². The molecule has 0 saturated carbocycles. The second kappa shape index (κ2) is 4.98. The van der Waals surface area contributed by atoms with E-state index in [0.29, 0.717) is 11.3 Å². The molecule has 1 aromatic carbocycles. The van der Waals surface area contributed by atoms with Crippen LogP contribution in [0.3, 0.4) is 0 Å². The number of halogens is 1. The molecule has 2 N–H and O–H groups in total. The molecule has 0 saturated heterocycles. The Bertz CT molecular complexity index is 537. The molecule has 0 fully saturated rings. The highest BCUT2D eigenvalue weighted by atomic mass is 32.1. The van der Waals surface area contributed by atoms with Gasteiger partial charge in [0.05, 0.1) is 17.4 Å². The molecule has 0 aliphatic carbocycles. The van der Waals surface area contributed by atoms with Gasteiger partial charge < -0.3 is 10.6 Å². The predicted octanol–water partition coefficient (Wildman–Crippen LogP) is 3.98. The van der Waals surface area contributed by atoms with E-state index < -0.39 is 0 Å². The van der Waals surface area contributed by atoms with Gasteiger partial charge in [0.25, 0.3) is 0 Å². The van der Waals surface area contributed by atoms with Crippen molar-refractivity contribution in [2.45, 2.75) is 19.9 Å². The Balaban J connectivity index is 2.34. The second-order valence-electron chi connectivity index (χ2n) is 4.46. The lowest BCUT2D eigenvalue weighted by Crippen LogP contribution is -2.22. The first-order chi connectivity index (χ1) is 8.50. The third-order valence-corrected chi connectivity index (χ3v) is 4.27. The quantitative estimate of drug-likeness (QED) is 0.850. The van der Waals surface area contributed by atoms with Crippen molar-refractivity contribution in [3.05, 3.63) is 45.9 Å². The Morgan fingerprint density at radius 2 is 2.11 bits per heavy atom. The number of nitrogens with two attached hydrogens (primary N) is 1. The van der Waals surface area contributed by atoms with Crippen LogP contribution < -0.4 is 10.6 Å². The summed E-state index contributed by atoms with van der Waals surface area (Å²) in [5, 5.41) is 2.05. The summed E-state index contributed by atoms with van der Waals surface area (Å²) in [5.41, 5.74) is 7.87. The highest BCUT2D eigenvalue weighted by molar-refractivity contribution is 7.10. The second-order valence-corrected chi connectivity index (χ2v) is 5.44. The summed E-state index contributed by atoms with van der Waals surface area (Å²) in [4.78, 5) is 3.34. The van der Waals surface area contributed by atoms with Crippen LogP contribution in [-0.4, -0.2) is 7.05 Å². The van der Waals surface area contributed by atoms with Crippen LogP contribution in [0, 0.1) is 12.7 Å². The van der Waals surface area contributed by atoms with Crippen LogP contribution in [0.1, 0.15) is 23.4 Å². The van der Waals surface area contributed by atoms with Gasteiger partial charge in [-0.25, -0.2) is 4.39 Å². The van der Waals surface area contributed by atoms with Crippen molar-refractivity contribution in [1.29, 1.82) is 0 Å². The molecule has 0 radical (unpaired) electrons. The molecule has 0 spiro atoms. The zero-order chi connectivity index (χ0) is 13.3. The Labute approximate surface area is 111 Å². The fraction of sp³-hybridized carbons (Fsp3) is 0.286. The Hall–Kier alpha value is -1.55. The van der Waals surface area contributed by atoms with E-state index in [2.05, 4.69) is 23.3 Å². The van der Waals surface area contributed by atoms with E-state index in [0.717, 1.165) is 5.69 Å². The lowest BCUT2D eigenvalue weighted by Gasteiger charge is -2.28. The third-order valence-electron chi connectivity index (χ3n) is 3.22. The minimum atomic E-state index is -0.256. The summed E-state index contributed by atoms with van der Waals surface area (Å²) in [7, 11) is 1.98. The Morgan fingerprint density at radius 1 is 1.39 bits per heavy atom. The minimum absolute atomic E-state index is 0.220. The van der Waals surface area contributed by atoms with Gasteiger partial charge in [0, 0.05) is 11.9 Å². The number of thiophene rings is 1. The number of hydrogen-bond acceptors (Lipinski definition) is 3. The zero-order valence-electron chi connectivity index (χ0n) is 10.8. The van der Waals surface area contributed by atoms with Crippen LogP contribution in [0.25, 0.3) is 0 Å². The Morgan fingerprint density at radius 3 is 2.72 bits per heavy atom. The van der Waals surface area contributed by atoms with Crippen molar-refractivity contribution < 1.29 is 4.39 Å². The number of anilines is 2. The number of aryl methyl sites for hydroxylation is 1. The minimum Gasteiger partial charge on any atom is -0.397 e. The zero-order valence-corrected chi connectivity index (χ0v) is 11.6. The predicted molar refractivity (Wildman–Crippen MR) is 76.7 cm³/mol. The molecule has 1 atom stereocenters. The van der Waals surface area contributed by atoms with Crippen molar-refractivity contribution in [1.82, 2.24) is 0 Å². The van der Waals surface area contributed by atoms with Crippen LogP contribution in [0.4, 0.5) is 15.8 Å². The summed E-state index contributed by atoms with van der Waals surface area (Å²) in [6, 6.07) is 7.54. The number of benzene rings is 1. The lowest BCUT2D eigenvalue weighted by molar-refractivity contribution is 0.618. The smallest absolute Gasteiger partial charge is 0.128 e. The monoisotopic (exact) mass is 264 g/mol. The maximum absolute atomic E-state index is 13.4. The fourth-order valence-electron chi connectivity index (χ4n) is 1.92. The van der Waals surface area contributed by atoms with Crippen molar-refractivity contribution in [3.8, 4) is 0 Å². The fourth-order valence-corrected chi connectivity index (χ4v) is 2.74. The van der Waals surface area contributed by atoms with E-state index in [1.54, 1.807) is 24.3 Å². The SMILES string of the molecule is Cc1cc(N(C)C(C)c2cccs2)c(N)cc1F. The normalized spacial score (nSPS) is 12.4. The van der Waals surface area contributed by atoms with Gasteiger partial charge >= 0.3 is 0 Å². The first-order valence-electron chi connectivity index (χ1n) is 5.82. The number of nitrogens with zero attached hydrogens (tertiary/aromatic N) is 1. The van der Waals surface area contributed by atoms with Crippen LogP contribution in [-0.2, 0) is 0 Å². The molecule has 1 aromatic heterocycles. The van der Waals surface area contributed by atoms with E-state index >= 15 is 0 Å². The van der Waals surface area contributed by atoms with Crippen molar-refractivity contribution in [3.63, 3.8) is 0 Å². The molecule has 18 heavy (non-hydrogen) atoms. The number of hydrogen-bond donors (Lipinski definition) is 1. The van der Waals surface area contributed by atoms with Crippen LogP contribution in [0.5, 0.6) is 0 Å². The molecule has 2 aromatic rings. The molecule has 4 heteroatoms. The molecule has 0 bridgehead atoms. The van der Waals surface area contributed by atoms with Crippen molar-refractivity contribution in [2.75, 3.05) is 17.7 Å². The van der Waals surface area contributed by atoms with E-state index in [4.69, 9.17) is 5.73 Å². The first kappa shape index (κ1) is 12.9.